The van der Waals surface area contributed by atoms with Crippen LogP contribution in [0.1, 0.15) is 19.4 Å². The van der Waals surface area contributed by atoms with E-state index in [2.05, 4.69) is 31.2 Å². The van der Waals surface area contributed by atoms with Gasteiger partial charge in [-0.2, -0.15) is 0 Å². The van der Waals surface area contributed by atoms with E-state index < -0.39 is 29.8 Å². The van der Waals surface area contributed by atoms with Crippen molar-refractivity contribution in [3.8, 4) is 18.2 Å². The summed E-state index contributed by atoms with van der Waals surface area (Å²) < 4.78 is 49.5. The summed E-state index contributed by atoms with van der Waals surface area (Å²) in [4.78, 5) is 17.1. The minimum absolute atomic E-state index is 0.0346. The quantitative estimate of drug-likeness (QED) is 0.501. The number of terminal acetylenes is 1. The molecule has 7 nitrogen and oxygen atoms in total. The molecule has 0 bridgehead atoms. The number of thioether (sulfide) groups is 1. The molecule has 0 radical (unpaired) electrons. The van der Waals surface area contributed by atoms with Gasteiger partial charge in [0.05, 0.1) is 11.7 Å². The zero-order valence-electron chi connectivity index (χ0n) is 18.3. The Morgan fingerprint density at radius 3 is 2.82 bits per heavy atom. The fourth-order valence-corrected chi connectivity index (χ4v) is 4.88. The number of hydrogen-bond acceptors (Lipinski definition) is 8. The lowest BCUT2D eigenvalue weighted by Gasteiger charge is -2.40. The maximum absolute atomic E-state index is 15.0. The molecule has 1 aliphatic rings. The van der Waals surface area contributed by atoms with Gasteiger partial charge in [-0.3, -0.25) is 0 Å². The highest BCUT2D eigenvalue weighted by molar-refractivity contribution is 8.14. The first-order valence-corrected chi connectivity index (χ1v) is 11.2. The van der Waals surface area contributed by atoms with Crippen LogP contribution in [0.5, 0.6) is 5.88 Å². The average molecular weight is 487 g/mol. The number of benzene rings is 1. The normalized spacial score (nSPS) is 22.2. The first-order chi connectivity index (χ1) is 16.3. The predicted octanol–water partition coefficient (Wildman–Crippen LogP) is 4.31. The number of nitrogens with two attached hydrogens (primary N) is 1. The Kier molecular flexibility index (Phi) is 6.52. The van der Waals surface area contributed by atoms with Crippen molar-refractivity contribution in [1.29, 1.82) is 0 Å². The van der Waals surface area contributed by atoms with Gasteiger partial charge in [-0.25, -0.2) is 33.1 Å². The first kappa shape index (κ1) is 23.6. The highest BCUT2D eigenvalue weighted by Crippen LogP contribution is 2.46. The molecule has 34 heavy (non-hydrogen) atoms. The third kappa shape index (κ3) is 4.21. The Bertz CT molecular complexity index is 1310. The van der Waals surface area contributed by atoms with Gasteiger partial charge < -0.3 is 15.8 Å². The molecule has 3 heterocycles. The van der Waals surface area contributed by atoms with Crippen molar-refractivity contribution in [1.82, 2.24) is 15.0 Å². The zero-order valence-corrected chi connectivity index (χ0v) is 19.2. The highest BCUT2D eigenvalue weighted by atomic mass is 32.2. The standard InChI is InChI=1S/C23H21F3N6OS/c1-4-7-33-18-10-29-20-17(31-18)5-6-28-21(20)30-14-8-15(19(26)16(25)9-14)23(11-24)12(2)13(3)34-22(27)32-23/h1,5-6,8-10,12-13H,7,11H2,2-3H3,(H2,27,32)(H,28,30)/t12?,13-,23-/m0/s1. The van der Waals surface area contributed by atoms with Crippen molar-refractivity contribution in [2.24, 2.45) is 16.6 Å². The van der Waals surface area contributed by atoms with Crippen molar-refractivity contribution in [3.05, 3.63) is 47.8 Å². The topological polar surface area (TPSA) is 98.3 Å². The SMILES string of the molecule is C#CCOc1cnc2c(Nc3cc(F)c(F)c([C@@]4(CF)N=C(N)S[C@@H](C)C4C)c3)nccc2n1. The van der Waals surface area contributed by atoms with Gasteiger partial charge in [0.1, 0.15) is 17.7 Å². The smallest absolute Gasteiger partial charge is 0.233 e. The summed E-state index contributed by atoms with van der Waals surface area (Å²) in [6.07, 6.45) is 8.04. The number of amidine groups is 1. The molecule has 3 aromatic rings. The number of fused-ring (bicyclic) bond motifs is 1. The Balaban J connectivity index is 1.77. The molecule has 3 atom stereocenters. The van der Waals surface area contributed by atoms with Crippen molar-refractivity contribution in [2.75, 3.05) is 18.6 Å². The van der Waals surface area contributed by atoms with Gasteiger partial charge in [-0.05, 0) is 12.1 Å². The summed E-state index contributed by atoms with van der Waals surface area (Å²) in [5.41, 5.74) is 4.96. The molecular formula is C23H21F3N6OS. The molecule has 0 fully saturated rings. The van der Waals surface area contributed by atoms with Crippen molar-refractivity contribution in [2.45, 2.75) is 24.6 Å². The van der Waals surface area contributed by atoms with E-state index in [9.17, 15) is 8.78 Å². The maximum atomic E-state index is 15.0. The fraction of sp³-hybridized carbons (Fsp3) is 0.304. The molecule has 0 spiro atoms. The summed E-state index contributed by atoms with van der Waals surface area (Å²) >= 11 is 1.27. The second-order valence-corrected chi connectivity index (χ2v) is 9.19. The molecule has 4 rings (SSSR count). The lowest BCUT2D eigenvalue weighted by atomic mass is 9.78. The highest BCUT2D eigenvalue weighted by Gasteiger charge is 2.46. The number of nitrogens with one attached hydrogen (secondary N) is 1. The number of pyridine rings is 1. The van der Waals surface area contributed by atoms with Crippen LogP contribution in [0.4, 0.5) is 24.7 Å². The van der Waals surface area contributed by atoms with E-state index in [0.717, 1.165) is 6.07 Å². The van der Waals surface area contributed by atoms with E-state index in [-0.39, 0.29) is 40.0 Å². The van der Waals surface area contributed by atoms with Crippen LogP contribution in [0.2, 0.25) is 0 Å². The van der Waals surface area contributed by atoms with Crippen LogP contribution in [0.15, 0.2) is 35.6 Å². The first-order valence-electron chi connectivity index (χ1n) is 10.3. The van der Waals surface area contributed by atoms with Gasteiger partial charge in [-0.15, -0.1) is 6.42 Å². The van der Waals surface area contributed by atoms with E-state index in [4.69, 9.17) is 16.9 Å². The number of ether oxygens (including phenoxy) is 1. The van der Waals surface area contributed by atoms with Crippen LogP contribution < -0.4 is 15.8 Å². The van der Waals surface area contributed by atoms with Crippen LogP contribution in [-0.4, -0.2) is 38.7 Å². The number of aliphatic imine (C=N–C) groups is 1. The van der Waals surface area contributed by atoms with Gasteiger partial charge >= 0.3 is 0 Å². The van der Waals surface area contributed by atoms with Crippen LogP contribution in [0.3, 0.4) is 0 Å². The number of aromatic nitrogens is 3. The molecule has 3 N–H and O–H groups in total. The van der Waals surface area contributed by atoms with Crippen molar-refractivity contribution in [3.63, 3.8) is 0 Å². The molecule has 0 saturated carbocycles. The third-order valence-electron chi connectivity index (χ3n) is 5.78. The molecule has 2 aromatic heterocycles. The number of nitrogens with zero attached hydrogens (tertiary/aromatic N) is 4. The predicted molar refractivity (Wildman–Crippen MR) is 127 cm³/mol. The maximum Gasteiger partial charge on any atom is 0.233 e. The molecule has 176 valence electrons. The van der Waals surface area contributed by atoms with E-state index in [1.54, 1.807) is 13.0 Å². The van der Waals surface area contributed by atoms with Crippen LogP contribution in [-0.2, 0) is 5.54 Å². The molecule has 0 aliphatic carbocycles. The molecule has 1 aromatic carbocycles. The summed E-state index contributed by atoms with van der Waals surface area (Å²) in [5.74, 6) is 0.0254. The monoisotopic (exact) mass is 486 g/mol. The van der Waals surface area contributed by atoms with E-state index in [1.807, 2.05) is 6.92 Å². The lowest BCUT2D eigenvalue weighted by molar-refractivity contribution is 0.215. The van der Waals surface area contributed by atoms with E-state index >= 15 is 4.39 Å². The second-order valence-electron chi connectivity index (χ2n) is 7.79. The molecular weight excluding hydrogens is 465 g/mol. The van der Waals surface area contributed by atoms with Gasteiger partial charge in [-0.1, -0.05) is 31.5 Å². The third-order valence-corrected chi connectivity index (χ3v) is 6.89. The van der Waals surface area contributed by atoms with Crippen LogP contribution >= 0.6 is 11.8 Å². The summed E-state index contributed by atoms with van der Waals surface area (Å²) in [7, 11) is 0. The molecule has 1 aliphatic heterocycles. The summed E-state index contributed by atoms with van der Waals surface area (Å²) in [6, 6.07) is 3.90. The average Bonchev–Trinajstić information content (AvgIpc) is 2.82. The lowest BCUT2D eigenvalue weighted by Crippen LogP contribution is -2.45. The van der Waals surface area contributed by atoms with Crippen molar-refractivity contribution >= 4 is 39.5 Å². The summed E-state index contributed by atoms with van der Waals surface area (Å²) in [5, 5.41) is 2.90. The van der Waals surface area contributed by atoms with Gasteiger partial charge in [0, 0.05) is 34.7 Å². The van der Waals surface area contributed by atoms with Crippen LogP contribution in [0.25, 0.3) is 11.0 Å². The van der Waals surface area contributed by atoms with Gasteiger partial charge in [0.15, 0.2) is 29.2 Å². The van der Waals surface area contributed by atoms with Gasteiger partial charge in [0.25, 0.3) is 0 Å². The van der Waals surface area contributed by atoms with Crippen molar-refractivity contribution < 1.29 is 17.9 Å². The molecule has 11 heteroatoms. The van der Waals surface area contributed by atoms with E-state index in [0.29, 0.717) is 11.0 Å². The Morgan fingerprint density at radius 2 is 2.09 bits per heavy atom. The zero-order chi connectivity index (χ0) is 24.5. The number of halogens is 3. The minimum atomic E-state index is -1.66. The number of anilines is 2. The fourth-order valence-electron chi connectivity index (χ4n) is 3.85. The number of alkyl halides is 1. The molecule has 0 saturated heterocycles. The van der Waals surface area contributed by atoms with Crippen LogP contribution in [0, 0.1) is 29.9 Å². The van der Waals surface area contributed by atoms with E-state index in [1.165, 1.54) is 30.2 Å². The largest absolute Gasteiger partial charge is 0.463 e. The molecule has 1 unspecified atom stereocenters. The second kappa shape index (κ2) is 9.38. The summed E-state index contributed by atoms with van der Waals surface area (Å²) in [6.45, 7) is 2.58. The number of hydrogen-bond donors (Lipinski definition) is 2. The number of rotatable bonds is 6. The van der Waals surface area contributed by atoms with Gasteiger partial charge in [0.2, 0.25) is 5.88 Å². The Morgan fingerprint density at radius 1 is 1.29 bits per heavy atom. The Hall–Kier alpha value is -3.52. The minimum Gasteiger partial charge on any atom is -0.463 e. The Labute approximate surface area is 198 Å². The molecule has 0 amide bonds.